The van der Waals surface area contributed by atoms with Crippen molar-refractivity contribution in [3.05, 3.63) is 64.8 Å². The average molecular weight is 380 g/mol. The number of anilines is 1. The third kappa shape index (κ3) is 2.45. The first-order valence-corrected chi connectivity index (χ1v) is 8.27. The van der Waals surface area contributed by atoms with Gasteiger partial charge in [-0.1, -0.05) is 58.4 Å². The average Bonchev–Trinajstić information content (AvgIpc) is 3.02. The third-order valence-electron chi connectivity index (χ3n) is 3.87. The number of fused-ring (bicyclic) bond motifs is 1. The minimum Gasteiger partial charge on any atom is -0.383 e. The third-order valence-corrected chi connectivity index (χ3v) is 4.40. The summed E-state index contributed by atoms with van der Waals surface area (Å²) >= 11 is 3.45. The van der Waals surface area contributed by atoms with Crippen LogP contribution in [0.25, 0.3) is 28.3 Å². The minimum atomic E-state index is 0.504. The maximum atomic E-state index is 6.39. The summed E-state index contributed by atoms with van der Waals surface area (Å²) in [4.78, 5) is 9.09. The molecule has 2 heterocycles. The zero-order valence-electron chi connectivity index (χ0n) is 12.9. The highest BCUT2D eigenvalue weighted by molar-refractivity contribution is 9.10. The lowest BCUT2D eigenvalue weighted by molar-refractivity contribution is 0.947. The maximum absolute atomic E-state index is 6.39. The van der Waals surface area contributed by atoms with E-state index < -0.39 is 0 Å². The van der Waals surface area contributed by atoms with Gasteiger partial charge in [-0.05, 0) is 24.6 Å². The molecule has 0 aliphatic heterocycles. The van der Waals surface area contributed by atoms with Crippen molar-refractivity contribution in [1.29, 1.82) is 0 Å². The topological polar surface area (TPSA) is 69.1 Å². The highest BCUT2D eigenvalue weighted by atomic mass is 79.9. The van der Waals surface area contributed by atoms with Gasteiger partial charge in [0.05, 0.1) is 5.69 Å². The zero-order valence-corrected chi connectivity index (χ0v) is 14.5. The largest absolute Gasteiger partial charge is 0.383 e. The van der Waals surface area contributed by atoms with Crippen LogP contribution in [0.15, 0.2) is 59.1 Å². The SMILES string of the molecule is Cc1nc2nc(-c3ccccc3)nn2c(N)c1-c1ccc(Br)cc1. The van der Waals surface area contributed by atoms with Crippen molar-refractivity contribution in [3.63, 3.8) is 0 Å². The Morgan fingerprint density at radius 2 is 1.62 bits per heavy atom. The number of nitrogens with two attached hydrogens (primary N) is 1. The van der Waals surface area contributed by atoms with Crippen LogP contribution in [0.5, 0.6) is 0 Å². The van der Waals surface area contributed by atoms with E-state index in [2.05, 4.69) is 31.0 Å². The van der Waals surface area contributed by atoms with Crippen molar-refractivity contribution < 1.29 is 0 Å². The monoisotopic (exact) mass is 379 g/mol. The Morgan fingerprint density at radius 1 is 0.917 bits per heavy atom. The van der Waals surface area contributed by atoms with Gasteiger partial charge in [0, 0.05) is 15.6 Å². The second-order valence-electron chi connectivity index (χ2n) is 5.48. The second-order valence-corrected chi connectivity index (χ2v) is 6.39. The summed E-state index contributed by atoms with van der Waals surface area (Å²) < 4.78 is 2.62. The second kappa shape index (κ2) is 5.72. The summed E-state index contributed by atoms with van der Waals surface area (Å²) in [5, 5.41) is 4.54. The van der Waals surface area contributed by atoms with Gasteiger partial charge in [0.15, 0.2) is 5.82 Å². The molecule has 2 aromatic carbocycles. The molecule has 0 radical (unpaired) electrons. The number of nitrogens with zero attached hydrogens (tertiary/aromatic N) is 4. The molecule has 24 heavy (non-hydrogen) atoms. The first-order chi connectivity index (χ1) is 11.6. The standard InChI is InChI=1S/C18H14BrN5/c1-11-15(12-7-9-14(19)10-8-12)16(20)24-18(21-11)22-17(23-24)13-5-3-2-4-6-13/h2-10H,20H2,1H3. The van der Waals surface area contributed by atoms with Crippen LogP contribution in [0.2, 0.25) is 0 Å². The molecule has 0 bridgehead atoms. The molecular weight excluding hydrogens is 366 g/mol. The first kappa shape index (κ1) is 14.8. The number of hydrogen-bond acceptors (Lipinski definition) is 4. The van der Waals surface area contributed by atoms with Crippen molar-refractivity contribution >= 4 is 27.5 Å². The molecule has 2 N–H and O–H groups in total. The van der Waals surface area contributed by atoms with Crippen molar-refractivity contribution in [2.45, 2.75) is 6.92 Å². The quantitative estimate of drug-likeness (QED) is 0.568. The van der Waals surface area contributed by atoms with E-state index in [9.17, 15) is 0 Å². The fourth-order valence-electron chi connectivity index (χ4n) is 2.72. The maximum Gasteiger partial charge on any atom is 0.254 e. The lowest BCUT2D eigenvalue weighted by atomic mass is 10.1. The predicted molar refractivity (Wildman–Crippen MR) is 98.5 cm³/mol. The van der Waals surface area contributed by atoms with Crippen LogP contribution in [0, 0.1) is 6.92 Å². The molecule has 4 aromatic rings. The Kier molecular flexibility index (Phi) is 3.54. The number of hydrogen-bond donors (Lipinski definition) is 1. The highest BCUT2D eigenvalue weighted by Crippen LogP contribution is 2.30. The van der Waals surface area contributed by atoms with Crippen LogP contribution in [-0.2, 0) is 0 Å². The fourth-order valence-corrected chi connectivity index (χ4v) is 2.98. The number of aryl methyl sites for hydroxylation is 1. The summed E-state index contributed by atoms with van der Waals surface area (Å²) in [7, 11) is 0. The van der Waals surface area contributed by atoms with Crippen LogP contribution in [0.3, 0.4) is 0 Å². The summed E-state index contributed by atoms with van der Waals surface area (Å²) in [6.45, 7) is 1.94. The highest BCUT2D eigenvalue weighted by Gasteiger charge is 2.16. The normalized spacial score (nSPS) is 11.1. The Hall–Kier alpha value is -2.73. The van der Waals surface area contributed by atoms with Crippen molar-refractivity contribution in [3.8, 4) is 22.5 Å². The Bertz CT molecular complexity index is 1020. The predicted octanol–water partition coefficient (Wildman–Crippen LogP) is 4.11. The molecule has 4 rings (SSSR count). The molecular formula is C18H14BrN5. The number of benzene rings is 2. The van der Waals surface area contributed by atoms with Crippen LogP contribution in [0.1, 0.15) is 5.69 Å². The number of halogens is 1. The van der Waals surface area contributed by atoms with Gasteiger partial charge in [0.1, 0.15) is 5.82 Å². The summed E-state index contributed by atoms with van der Waals surface area (Å²) in [5.41, 5.74) is 10.0. The van der Waals surface area contributed by atoms with E-state index in [4.69, 9.17) is 5.73 Å². The van der Waals surface area contributed by atoms with E-state index in [0.29, 0.717) is 17.4 Å². The van der Waals surface area contributed by atoms with Crippen molar-refractivity contribution in [2.24, 2.45) is 0 Å². The van der Waals surface area contributed by atoms with Crippen LogP contribution >= 0.6 is 15.9 Å². The number of rotatable bonds is 2. The fraction of sp³-hybridized carbons (Fsp3) is 0.0556. The van der Waals surface area contributed by atoms with Crippen LogP contribution in [0.4, 0.5) is 5.82 Å². The Labute approximate surface area is 147 Å². The van der Waals surface area contributed by atoms with Crippen LogP contribution < -0.4 is 5.73 Å². The Balaban J connectivity index is 1.92. The van der Waals surface area contributed by atoms with E-state index in [1.165, 1.54) is 0 Å². The van der Waals surface area contributed by atoms with Gasteiger partial charge in [-0.2, -0.15) is 9.50 Å². The number of aromatic nitrogens is 4. The molecule has 0 atom stereocenters. The molecule has 0 saturated carbocycles. The number of nitrogen functional groups attached to an aromatic ring is 1. The van der Waals surface area contributed by atoms with Gasteiger partial charge in [-0.3, -0.25) is 0 Å². The van der Waals surface area contributed by atoms with Gasteiger partial charge >= 0.3 is 0 Å². The minimum absolute atomic E-state index is 0.504. The molecule has 6 heteroatoms. The zero-order chi connectivity index (χ0) is 16.7. The lowest BCUT2D eigenvalue weighted by Gasteiger charge is -2.10. The van der Waals surface area contributed by atoms with E-state index in [0.717, 1.165) is 26.9 Å². The molecule has 118 valence electrons. The van der Waals surface area contributed by atoms with Gasteiger partial charge < -0.3 is 5.73 Å². The lowest BCUT2D eigenvalue weighted by Crippen LogP contribution is -2.05. The molecule has 0 amide bonds. The summed E-state index contributed by atoms with van der Waals surface area (Å²) in [5.74, 6) is 1.65. The van der Waals surface area contributed by atoms with Gasteiger partial charge in [0.2, 0.25) is 0 Å². The molecule has 0 saturated heterocycles. The van der Waals surface area contributed by atoms with Gasteiger partial charge in [-0.15, -0.1) is 5.10 Å². The molecule has 0 aliphatic rings. The van der Waals surface area contributed by atoms with E-state index in [1.807, 2.05) is 61.5 Å². The molecule has 0 spiro atoms. The first-order valence-electron chi connectivity index (χ1n) is 7.47. The van der Waals surface area contributed by atoms with Crippen molar-refractivity contribution in [2.75, 3.05) is 5.73 Å². The molecule has 0 aliphatic carbocycles. The molecule has 0 unspecified atom stereocenters. The van der Waals surface area contributed by atoms with Gasteiger partial charge in [0.25, 0.3) is 5.78 Å². The van der Waals surface area contributed by atoms with Crippen molar-refractivity contribution in [1.82, 2.24) is 19.6 Å². The van der Waals surface area contributed by atoms with E-state index >= 15 is 0 Å². The smallest absolute Gasteiger partial charge is 0.254 e. The summed E-state index contributed by atoms with van der Waals surface area (Å²) in [6, 6.07) is 17.8. The van der Waals surface area contributed by atoms with Crippen LogP contribution in [-0.4, -0.2) is 19.6 Å². The Morgan fingerprint density at radius 3 is 2.33 bits per heavy atom. The van der Waals surface area contributed by atoms with Gasteiger partial charge in [-0.25, -0.2) is 4.98 Å². The van der Waals surface area contributed by atoms with E-state index in [1.54, 1.807) is 4.52 Å². The molecule has 0 fully saturated rings. The van der Waals surface area contributed by atoms with E-state index in [-0.39, 0.29) is 0 Å². The molecule has 2 aromatic heterocycles. The molecule has 5 nitrogen and oxygen atoms in total. The summed E-state index contributed by atoms with van der Waals surface area (Å²) in [6.07, 6.45) is 0.